The molecule has 1 saturated heterocycles. The molecular formula is C7H16INO2S. The van der Waals surface area contributed by atoms with Crippen LogP contribution in [0.3, 0.4) is 0 Å². The predicted octanol–water partition coefficient (Wildman–Crippen LogP) is -3.12. The molecule has 2 atom stereocenters. The fraction of sp³-hybridized carbons (Fsp3) is 1.00. The van der Waals surface area contributed by atoms with Crippen LogP contribution in [-0.2, 0) is 9.84 Å². The quantitative estimate of drug-likeness (QED) is 0.380. The van der Waals surface area contributed by atoms with E-state index >= 15 is 0 Å². The van der Waals surface area contributed by atoms with Crippen LogP contribution in [0.4, 0.5) is 0 Å². The van der Waals surface area contributed by atoms with E-state index in [2.05, 4.69) is 0 Å². The van der Waals surface area contributed by atoms with Gasteiger partial charge in [0, 0.05) is 0 Å². The molecule has 1 rings (SSSR count). The van der Waals surface area contributed by atoms with Crippen LogP contribution in [0.5, 0.6) is 0 Å². The lowest BCUT2D eigenvalue weighted by Crippen LogP contribution is -3.00. The Morgan fingerprint density at radius 1 is 1.25 bits per heavy atom. The molecule has 0 radical (unpaired) electrons. The smallest absolute Gasteiger partial charge is 0.164 e. The van der Waals surface area contributed by atoms with Crippen LogP contribution < -0.4 is 24.0 Å². The van der Waals surface area contributed by atoms with Gasteiger partial charge in [0.25, 0.3) is 0 Å². The molecule has 74 valence electrons. The molecule has 1 aliphatic rings. The van der Waals surface area contributed by atoms with E-state index in [1.54, 1.807) is 6.92 Å². The van der Waals surface area contributed by atoms with Crippen molar-refractivity contribution in [1.82, 2.24) is 0 Å². The number of nitrogens with zero attached hydrogens (tertiary/aromatic N) is 1. The first kappa shape index (κ1) is 12.6. The molecule has 0 saturated carbocycles. The van der Waals surface area contributed by atoms with Crippen molar-refractivity contribution in [2.24, 2.45) is 0 Å². The highest BCUT2D eigenvalue weighted by Crippen LogP contribution is 2.27. The fourth-order valence-electron chi connectivity index (χ4n) is 1.50. The van der Waals surface area contributed by atoms with E-state index < -0.39 is 9.84 Å². The van der Waals surface area contributed by atoms with E-state index in [0.29, 0.717) is 11.8 Å². The standard InChI is InChI=1S/C7H16NO2S.HI/c1-6-7(8(2,3)4)5-11(6,9)10;/h6-7H,5H2,1-4H3;1H/q+1;/p-1. The highest BCUT2D eigenvalue weighted by molar-refractivity contribution is 7.93. The van der Waals surface area contributed by atoms with Crippen molar-refractivity contribution in [2.75, 3.05) is 26.9 Å². The van der Waals surface area contributed by atoms with E-state index in [9.17, 15) is 8.42 Å². The van der Waals surface area contributed by atoms with Crippen molar-refractivity contribution in [3.05, 3.63) is 0 Å². The van der Waals surface area contributed by atoms with Gasteiger partial charge in [-0.25, -0.2) is 8.42 Å². The predicted molar refractivity (Wildman–Crippen MR) is 45.1 cm³/mol. The molecule has 1 aliphatic heterocycles. The number of hydrogen-bond acceptors (Lipinski definition) is 2. The van der Waals surface area contributed by atoms with Crippen LogP contribution >= 0.6 is 0 Å². The molecule has 0 amide bonds. The van der Waals surface area contributed by atoms with Gasteiger partial charge in [0.2, 0.25) is 0 Å². The topological polar surface area (TPSA) is 34.1 Å². The average molecular weight is 305 g/mol. The third kappa shape index (κ3) is 2.11. The number of hydrogen-bond donors (Lipinski definition) is 0. The Hall–Kier alpha value is 0.640. The van der Waals surface area contributed by atoms with Gasteiger partial charge in [0.15, 0.2) is 9.84 Å². The minimum atomic E-state index is -2.71. The van der Waals surface area contributed by atoms with E-state index in [4.69, 9.17) is 0 Å². The molecule has 2 unspecified atom stereocenters. The van der Waals surface area contributed by atoms with Crippen molar-refractivity contribution in [3.63, 3.8) is 0 Å². The first-order chi connectivity index (χ1) is 4.75. The summed E-state index contributed by atoms with van der Waals surface area (Å²) >= 11 is 0. The molecule has 0 aromatic rings. The molecule has 0 aliphatic carbocycles. The third-order valence-electron chi connectivity index (χ3n) is 2.51. The normalized spacial score (nSPS) is 33.3. The van der Waals surface area contributed by atoms with E-state index in [-0.39, 0.29) is 29.2 Å². The lowest BCUT2D eigenvalue weighted by molar-refractivity contribution is -0.894. The average Bonchev–Trinajstić information content (AvgIpc) is 1.80. The first-order valence-corrected chi connectivity index (χ1v) is 5.49. The summed E-state index contributed by atoms with van der Waals surface area (Å²) in [5, 5.41) is -0.150. The van der Waals surface area contributed by atoms with Crippen LogP contribution in [0.1, 0.15) is 6.92 Å². The monoisotopic (exact) mass is 305 g/mol. The summed E-state index contributed by atoms with van der Waals surface area (Å²) in [6.07, 6.45) is 0. The molecule has 0 N–H and O–H groups in total. The molecular weight excluding hydrogens is 289 g/mol. The van der Waals surface area contributed by atoms with Crippen molar-refractivity contribution < 1.29 is 36.9 Å². The zero-order valence-corrected chi connectivity index (χ0v) is 10.9. The Morgan fingerprint density at radius 3 is 1.75 bits per heavy atom. The number of quaternary nitrogens is 1. The molecule has 0 aromatic carbocycles. The van der Waals surface area contributed by atoms with Crippen LogP contribution in [0.25, 0.3) is 0 Å². The van der Waals surface area contributed by atoms with E-state index in [1.165, 1.54) is 0 Å². The fourth-order valence-corrected chi connectivity index (χ4v) is 3.59. The summed E-state index contributed by atoms with van der Waals surface area (Å²) in [4.78, 5) is 0. The Morgan fingerprint density at radius 2 is 1.67 bits per heavy atom. The Balaban J connectivity index is 0.00000121. The Labute approximate surface area is 91.7 Å². The molecule has 5 heteroatoms. The third-order valence-corrected chi connectivity index (χ3v) is 4.76. The highest BCUT2D eigenvalue weighted by atomic mass is 127. The van der Waals surface area contributed by atoms with Crippen molar-refractivity contribution in [1.29, 1.82) is 0 Å². The molecule has 0 aromatic heterocycles. The van der Waals surface area contributed by atoms with Crippen molar-refractivity contribution in [3.8, 4) is 0 Å². The van der Waals surface area contributed by atoms with Gasteiger partial charge in [-0.15, -0.1) is 0 Å². The molecule has 1 heterocycles. The summed E-state index contributed by atoms with van der Waals surface area (Å²) < 4.78 is 22.9. The van der Waals surface area contributed by atoms with Crippen LogP contribution in [0, 0.1) is 0 Å². The van der Waals surface area contributed by atoms with Crippen LogP contribution in [-0.4, -0.2) is 51.1 Å². The van der Waals surface area contributed by atoms with E-state index in [1.807, 2.05) is 21.1 Å². The minimum absolute atomic E-state index is 0. The summed E-state index contributed by atoms with van der Waals surface area (Å²) in [6.45, 7) is 1.80. The minimum Gasteiger partial charge on any atom is -1.00 e. The van der Waals surface area contributed by atoms with Gasteiger partial charge in [-0.3, -0.25) is 0 Å². The van der Waals surface area contributed by atoms with E-state index in [0.717, 1.165) is 4.48 Å². The molecule has 1 fully saturated rings. The lowest BCUT2D eigenvalue weighted by atomic mass is 10.2. The van der Waals surface area contributed by atoms with Gasteiger partial charge in [-0.05, 0) is 6.92 Å². The van der Waals surface area contributed by atoms with Crippen molar-refractivity contribution in [2.45, 2.75) is 18.2 Å². The molecule has 3 nitrogen and oxygen atoms in total. The molecule has 0 spiro atoms. The summed E-state index contributed by atoms with van der Waals surface area (Å²) in [5.74, 6) is 0.359. The second kappa shape index (κ2) is 3.42. The second-order valence-corrected chi connectivity index (χ2v) is 6.62. The molecule has 0 bridgehead atoms. The maximum Gasteiger partial charge on any atom is 0.164 e. The van der Waals surface area contributed by atoms with Gasteiger partial charge >= 0.3 is 0 Å². The van der Waals surface area contributed by atoms with Gasteiger partial charge < -0.3 is 28.5 Å². The second-order valence-electron chi connectivity index (χ2n) is 4.22. The Bertz CT molecular complexity index is 255. The SMILES string of the molecule is CC1C([N+](C)(C)C)CS1(=O)=O.[I-]. The number of rotatable bonds is 1. The van der Waals surface area contributed by atoms with Gasteiger partial charge in [-0.1, -0.05) is 0 Å². The number of halogens is 1. The maximum absolute atomic E-state index is 11.1. The first-order valence-electron chi connectivity index (χ1n) is 3.78. The number of sulfone groups is 1. The largest absolute Gasteiger partial charge is 1.00 e. The summed E-state index contributed by atoms with van der Waals surface area (Å²) in [6, 6.07) is 0.292. The van der Waals surface area contributed by atoms with Gasteiger partial charge in [-0.2, -0.15) is 0 Å². The van der Waals surface area contributed by atoms with Gasteiger partial charge in [0.05, 0.1) is 21.1 Å². The highest BCUT2D eigenvalue weighted by Gasteiger charge is 2.50. The maximum atomic E-state index is 11.1. The summed E-state index contributed by atoms with van der Waals surface area (Å²) in [5.41, 5.74) is 0. The Kier molecular flexibility index (Phi) is 3.60. The van der Waals surface area contributed by atoms with Crippen molar-refractivity contribution >= 4 is 9.84 Å². The summed E-state index contributed by atoms with van der Waals surface area (Å²) in [7, 11) is 3.40. The van der Waals surface area contributed by atoms with Crippen LogP contribution in [0.2, 0.25) is 0 Å². The zero-order valence-electron chi connectivity index (χ0n) is 7.91. The van der Waals surface area contributed by atoms with Gasteiger partial charge in [0.1, 0.15) is 17.0 Å². The van der Waals surface area contributed by atoms with Crippen LogP contribution in [0.15, 0.2) is 0 Å². The zero-order chi connectivity index (χ0) is 8.86. The lowest BCUT2D eigenvalue weighted by Gasteiger charge is -2.43. The molecule has 12 heavy (non-hydrogen) atoms.